The highest BCUT2D eigenvalue weighted by atomic mass is 32.1. The first-order chi connectivity index (χ1) is 25.8. The summed E-state index contributed by atoms with van der Waals surface area (Å²) in [4.78, 5) is 0. The van der Waals surface area contributed by atoms with Crippen molar-refractivity contribution >= 4 is 74.9 Å². The van der Waals surface area contributed by atoms with Gasteiger partial charge < -0.3 is 4.57 Å². The van der Waals surface area contributed by atoms with Crippen LogP contribution in [0.1, 0.15) is 0 Å². The molecule has 11 rings (SSSR count). The monoisotopic (exact) mass is 677 g/mol. The molecule has 0 spiro atoms. The maximum Gasteiger partial charge on any atom is 0.0547 e. The zero-order valence-corrected chi connectivity index (χ0v) is 29.1. The predicted molar refractivity (Wildman–Crippen MR) is 225 cm³/mol. The standard InChI is InChI=1S/C50H31NS/c1-2-14-32(15-3-1)48-40-20-4-6-22-42(40)49(43-23-7-5-21-41(43)48)34-16-12-17-35(30-34)51-45-26-10-8-18-37(45)38-29-28-33(31-46(38)51)36-24-13-25-44-39-19-9-11-27-47(39)52-50(36)44/h1-31H. The van der Waals surface area contributed by atoms with Crippen LogP contribution in [0.3, 0.4) is 0 Å². The second-order valence-electron chi connectivity index (χ2n) is 13.6. The molecule has 242 valence electrons. The summed E-state index contributed by atoms with van der Waals surface area (Å²) < 4.78 is 5.13. The summed E-state index contributed by atoms with van der Waals surface area (Å²) in [7, 11) is 0. The Labute approximate surface area is 305 Å². The van der Waals surface area contributed by atoms with Gasteiger partial charge in [-0.25, -0.2) is 0 Å². The normalized spacial score (nSPS) is 11.8. The number of hydrogen-bond acceptors (Lipinski definition) is 1. The van der Waals surface area contributed by atoms with Crippen LogP contribution in [0.4, 0.5) is 0 Å². The summed E-state index contributed by atoms with van der Waals surface area (Å²) in [6.45, 7) is 0. The highest BCUT2D eigenvalue weighted by Crippen LogP contribution is 2.45. The largest absolute Gasteiger partial charge is 0.309 e. The van der Waals surface area contributed by atoms with Crippen LogP contribution in [0.2, 0.25) is 0 Å². The average Bonchev–Trinajstić information content (AvgIpc) is 3.76. The van der Waals surface area contributed by atoms with Crippen molar-refractivity contribution < 1.29 is 0 Å². The second kappa shape index (κ2) is 11.5. The molecule has 2 heterocycles. The lowest BCUT2D eigenvalue weighted by Gasteiger charge is -2.18. The van der Waals surface area contributed by atoms with E-state index in [9.17, 15) is 0 Å². The van der Waals surface area contributed by atoms with Crippen molar-refractivity contribution in [1.29, 1.82) is 0 Å². The van der Waals surface area contributed by atoms with Gasteiger partial charge in [0.15, 0.2) is 0 Å². The van der Waals surface area contributed by atoms with E-state index in [2.05, 4.69) is 193 Å². The van der Waals surface area contributed by atoms with Gasteiger partial charge in [0, 0.05) is 36.6 Å². The fourth-order valence-electron chi connectivity index (χ4n) is 8.55. The first-order valence-corrected chi connectivity index (χ1v) is 18.7. The van der Waals surface area contributed by atoms with Crippen molar-refractivity contribution in [2.75, 3.05) is 0 Å². The van der Waals surface area contributed by atoms with E-state index in [4.69, 9.17) is 0 Å². The van der Waals surface area contributed by atoms with E-state index in [1.54, 1.807) is 0 Å². The summed E-state index contributed by atoms with van der Waals surface area (Å²) in [5, 5.41) is 10.2. The Morgan fingerprint density at radius 1 is 0.327 bits per heavy atom. The van der Waals surface area contributed by atoms with Crippen molar-refractivity contribution in [1.82, 2.24) is 4.57 Å². The van der Waals surface area contributed by atoms with Crippen molar-refractivity contribution in [2.45, 2.75) is 0 Å². The van der Waals surface area contributed by atoms with Gasteiger partial charge in [-0.05, 0) is 85.3 Å². The Kier molecular flexibility index (Phi) is 6.49. The van der Waals surface area contributed by atoms with E-state index < -0.39 is 0 Å². The Bertz CT molecular complexity index is 3120. The molecule has 1 nitrogen and oxygen atoms in total. The molecule has 52 heavy (non-hydrogen) atoms. The van der Waals surface area contributed by atoms with E-state index in [0.717, 1.165) is 5.69 Å². The van der Waals surface area contributed by atoms with Gasteiger partial charge >= 0.3 is 0 Å². The number of rotatable bonds is 4. The summed E-state index contributed by atoms with van der Waals surface area (Å²) >= 11 is 1.89. The zero-order chi connectivity index (χ0) is 34.2. The highest BCUT2D eigenvalue weighted by Gasteiger charge is 2.19. The lowest BCUT2D eigenvalue weighted by Crippen LogP contribution is -1.96. The minimum atomic E-state index is 1.15. The Morgan fingerprint density at radius 2 is 0.885 bits per heavy atom. The van der Waals surface area contributed by atoms with Gasteiger partial charge in [-0.2, -0.15) is 0 Å². The lowest BCUT2D eigenvalue weighted by atomic mass is 9.86. The van der Waals surface area contributed by atoms with Crippen molar-refractivity contribution in [2.24, 2.45) is 0 Å². The number of hydrogen-bond donors (Lipinski definition) is 0. The third-order valence-electron chi connectivity index (χ3n) is 10.8. The molecule has 0 N–H and O–H groups in total. The molecule has 0 unspecified atom stereocenters. The quantitative estimate of drug-likeness (QED) is 0.163. The summed E-state index contributed by atoms with van der Waals surface area (Å²) in [6.07, 6.45) is 0. The van der Waals surface area contributed by atoms with Crippen LogP contribution in [0, 0.1) is 0 Å². The maximum absolute atomic E-state index is 2.46. The van der Waals surface area contributed by atoms with E-state index in [0.29, 0.717) is 0 Å². The van der Waals surface area contributed by atoms with E-state index >= 15 is 0 Å². The smallest absolute Gasteiger partial charge is 0.0547 e. The van der Waals surface area contributed by atoms with Crippen LogP contribution in [0.25, 0.3) is 103 Å². The summed E-state index contributed by atoms with van der Waals surface area (Å²) in [6, 6.07) is 69.2. The number of fused-ring (bicyclic) bond motifs is 8. The fraction of sp³-hybridized carbons (Fsp3) is 0. The van der Waals surface area contributed by atoms with Crippen molar-refractivity contribution in [3.05, 3.63) is 188 Å². The van der Waals surface area contributed by atoms with Gasteiger partial charge in [0.1, 0.15) is 0 Å². The topological polar surface area (TPSA) is 4.93 Å². The molecule has 2 heteroatoms. The van der Waals surface area contributed by atoms with Crippen LogP contribution < -0.4 is 0 Å². The van der Waals surface area contributed by atoms with Crippen LogP contribution in [0.15, 0.2) is 188 Å². The number of aromatic nitrogens is 1. The van der Waals surface area contributed by atoms with Gasteiger partial charge in [-0.15, -0.1) is 11.3 Å². The number of nitrogens with zero attached hydrogens (tertiary/aromatic N) is 1. The van der Waals surface area contributed by atoms with Crippen LogP contribution in [-0.2, 0) is 0 Å². The average molecular weight is 678 g/mol. The molecule has 0 aliphatic heterocycles. The van der Waals surface area contributed by atoms with Crippen LogP contribution in [-0.4, -0.2) is 4.57 Å². The molecular weight excluding hydrogens is 647 g/mol. The molecule has 0 radical (unpaired) electrons. The molecule has 0 amide bonds. The van der Waals surface area contributed by atoms with E-state index in [1.807, 2.05) is 11.3 Å². The second-order valence-corrected chi connectivity index (χ2v) is 14.7. The zero-order valence-electron chi connectivity index (χ0n) is 28.3. The lowest BCUT2D eigenvalue weighted by molar-refractivity contribution is 1.18. The highest BCUT2D eigenvalue weighted by molar-refractivity contribution is 7.26. The summed E-state index contributed by atoms with van der Waals surface area (Å²) in [5.74, 6) is 0. The minimum Gasteiger partial charge on any atom is -0.309 e. The third kappa shape index (κ3) is 4.35. The third-order valence-corrected chi connectivity index (χ3v) is 12.0. The number of thiophene rings is 1. The molecule has 0 aliphatic carbocycles. The van der Waals surface area contributed by atoms with Crippen LogP contribution in [0.5, 0.6) is 0 Å². The van der Waals surface area contributed by atoms with Crippen LogP contribution >= 0.6 is 11.3 Å². The maximum atomic E-state index is 2.46. The van der Waals surface area contributed by atoms with Gasteiger partial charge in [0.2, 0.25) is 0 Å². The molecule has 0 saturated carbocycles. The SMILES string of the molecule is c1ccc(-c2c3ccccc3c(-c3cccc(-n4c5ccccc5c5ccc(-c6cccc7c6sc6ccccc67)cc54)c3)c3ccccc23)cc1. The fourth-order valence-corrected chi connectivity index (χ4v) is 9.78. The Morgan fingerprint density at radius 3 is 1.63 bits per heavy atom. The molecular formula is C50H31NS. The van der Waals surface area contributed by atoms with Crippen molar-refractivity contribution in [3.63, 3.8) is 0 Å². The molecule has 0 saturated heterocycles. The summed E-state index contributed by atoms with van der Waals surface area (Å²) in [5.41, 5.74) is 11.1. The molecule has 0 aliphatic rings. The molecule has 0 fully saturated rings. The van der Waals surface area contributed by atoms with E-state index in [-0.39, 0.29) is 0 Å². The molecule has 2 aromatic heterocycles. The van der Waals surface area contributed by atoms with Gasteiger partial charge in [-0.1, -0.05) is 158 Å². The molecule has 0 atom stereocenters. The number of benzene rings is 9. The van der Waals surface area contributed by atoms with Crippen molar-refractivity contribution in [3.8, 4) is 39.1 Å². The molecule has 11 aromatic rings. The predicted octanol–water partition coefficient (Wildman–Crippen LogP) is 14.5. The number of para-hydroxylation sites is 1. The van der Waals surface area contributed by atoms with Gasteiger partial charge in [0.05, 0.1) is 11.0 Å². The van der Waals surface area contributed by atoms with Gasteiger partial charge in [-0.3, -0.25) is 0 Å². The first-order valence-electron chi connectivity index (χ1n) is 17.9. The Hall–Kier alpha value is -6.48. The first kappa shape index (κ1) is 29.3. The van der Waals surface area contributed by atoms with E-state index in [1.165, 1.54) is 96.9 Å². The Balaban J connectivity index is 1.16. The molecule has 9 aromatic carbocycles. The minimum absolute atomic E-state index is 1.15. The molecule has 0 bridgehead atoms. The van der Waals surface area contributed by atoms with Gasteiger partial charge in [0.25, 0.3) is 0 Å².